The molecular weight excluding hydrogens is 264 g/mol. The van der Waals surface area contributed by atoms with E-state index >= 15 is 0 Å². The summed E-state index contributed by atoms with van der Waals surface area (Å²) in [5.41, 5.74) is 2.69. The maximum Gasteiger partial charge on any atom is 0.207 e. The van der Waals surface area contributed by atoms with Crippen LogP contribution in [0.4, 0.5) is 5.69 Å². The molecule has 0 aliphatic rings. The number of rotatable bonds is 4. The maximum absolute atomic E-state index is 11.8. The summed E-state index contributed by atoms with van der Waals surface area (Å²) in [5, 5.41) is 8.16. The summed E-state index contributed by atoms with van der Waals surface area (Å²) in [4.78, 5) is 16.2. The fourth-order valence-corrected chi connectivity index (χ4v) is 2.32. The van der Waals surface area contributed by atoms with Crippen LogP contribution in [0.25, 0.3) is 10.9 Å². The van der Waals surface area contributed by atoms with Gasteiger partial charge in [0.15, 0.2) is 0 Å². The maximum atomic E-state index is 11.8. The molecule has 0 spiro atoms. The Kier molecular flexibility index (Phi) is 3.64. The number of hydrogen-bond donors (Lipinski definition) is 1. The third-order valence-electron chi connectivity index (χ3n) is 3.27. The van der Waals surface area contributed by atoms with Crippen LogP contribution in [0.15, 0.2) is 53.6 Å². The molecule has 0 saturated heterocycles. The molecule has 0 aliphatic carbocycles. The highest BCUT2D eigenvalue weighted by Crippen LogP contribution is 2.12. The van der Waals surface area contributed by atoms with Crippen LogP contribution < -0.4 is 10.7 Å². The molecule has 2 aromatic heterocycles. The van der Waals surface area contributed by atoms with E-state index in [0.29, 0.717) is 11.9 Å². The standard InChI is InChI=1S/C16H16N4O/c1-2-17-12-7-8-18-13(9-12)11-20-15-6-4-3-5-14(15)16(21)10-19-20/h3-10H,2,11H2,1H3,(H,17,18). The smallest absolute Gasteiger partial charge is 0.207 e. The Bertz CT molecular complexity index is 826. The van der Waals surface area contributed by atoms with E-state index in [0.717, 1.165) is 23.4 Å². The Morgan fingerprint density at radius 1 is 1.24 bits per heavy atom. The van der Waals surface area contributed by atoms with E-state index in [1.807, 2.05) is 36.4 Å². The lowest BCUT2D eigenvalue weighted by molar-refractivity contribution is 0.681. The molecule has 5 heteroatoms. The summed E-state index contributed by atoms with van der Waals surface area (Å²) < 4.78 is 1.80. The topological polar surface area (TPSA) is 59.8 Å². The monoisotopic (exact) mass is 280 g/mol. The van der Waals surface area contributed by atoms with Crippen LogP contribution in [0.3, 0.4) is 0 Å². The van der Waals surface area contributed by atoms with Crippen molar-refractivity contribution in [2.24, 2.45) is 0 Å². The zero-order valence-corrected chi connectivity index (χ0v) is 11.8. The van der Waals surface area contributed by atoms with Crippen molar-refractivity contribution in [3.05, 3.63) is 64.7 Å². The molecule has 0 bridgehead atoms. The van der Waals surface area contributed by atoms with Gasteiger partial charge >= 0.3 is 0 Å². The molecule has 1 aromatic carbocycles. The molecule has 0 fully saturated rings. The first-order valence-corrected chi connectivity index (χ1v) is 6.91. The van der Waals surface area contributed by atoms with Gasteiger partial charge in [0.25, 0.3) is 0 Å². The molecule has 0 amide bonds. The number of para-hydroxylation sites is 1. The summed E-state index contributed by atoms with van der Waals surface area (Å²) in [6.07, 6.45) is 3.13. The van der Waals surface area contributed by atoms with Gasteiger partial charge in [-0.1, -0.05) is 12.1 Å². The Hall–Kier alpha value is -2.69. The van der Waals surface area contributed by atoms with Gasteiger partial charge in [0.1, 0.15) is 0 Å². The van der Waals surface area contributed by atoms with E-state index in [4.69, 9.17) is 0 Å². The molecule has 3 aromatic rings. The van der Waals surface area contributed by atoms with Crippen molar-refractivity contribution in [3.8, 4) is 0 Å². The van der Waals surface area contributed by atoms with E-state index < -0.39 is 0 Å². The van der Waals surface area contributed by atoms with Crippen molar-refractivity contribution in [2.45, 2.75) is 13.5 Å². The molecule has 3 rings (SSSR count). The molecule has 2 heterocycles. The van der Waals surface area contributed by atoms with Crippen molar-refractivity contribution in [1.29, 1.82) is 0 Å². The highest BCUT2D eigenvalue weighted by Gasteiger charge is 2.05. The van der Waals surface area contributed by atoms with Crippen LogP contribution >= 0.6 is 0 Å². The number of anilines is 1. The molecule has 0 unspecified atom stereocenters. The second kappa shape index (κ2) is 5.75. The van der Waals surface area contributed by atoms with Gasteiger partial charge in [-0.3, -0.25) is 14.5 Å². The van der Waals surface area contributed by atoms with Gasteiger partial charge in [0.2, 0.25) is 5.43 Å². The molecule has 5 nitrogen and oxygen atoms in total. The van der Waals surface area contributed by atoms with E-state index in [-0.39, 0.29) is 5.43 Å². The molecule has 106 valence electrons. The van der Waals surface area contributed by atoms with Crippen LogP contribution in [0.2, 0.25) is 0 Å². The van der Waals surface area contributed by atoms with Gasteiger partial charge in [-0.2, -0.15) is 5.10 Å². The van der Waals surface area contributed by atoms with Gasteiger partial charge in [-0.15, -0.1) is 0 Å². The van der Waals surface area contributed by atoms with Crippen LogP contribution in [-0.4, -0.2) is 21.3 Å². The number of nitrogens with zero attached hydrogens (tertiary/aromatic N) is 3. The molecule has 21 heavy (non-hydrogen) atoms. The minimum absolute atomic E-state index is 0.0591. The summed E-state index contributed by atoms with van der Waals surface area (Å²) in [6.45, 7) is 3.44. The third kappa shape index (κ3) is 2.76. The quantitative estimate of drug-likeness (QED) is 0.796. The van der Waals surface area contributed by atoms with Crippen molar-refractivity contribution in [2.75, 3.05) is 11.9 Å². The average molecular weight is 280 g/mol. The Morgan fingerprint density at radius 3 is 2.95 bits per heavy atom. The van der Waals surface area contributed by atoms with E-state index in [2.05, 4.69) is 22.3 Å². The number of hydrogen-bond acceptors (Lipinski definition) is 4. The molecular formula is C16H16N4O. The van der Waals surface area contributed by atoms with Gasteiger partial charge in [-0.05, 0) is 31.2 Å². The SMILES string of the molecule is CCNc1ccnc(Cn2ncc(=O)c3ccccc32)c1. The second-order valence-electron chi connectivity index (χ2n) is 4.75. The molecule has 0 aliphatic heterocycles. The highest BCUT2D eigenvalue weighted by molar-refractivity contribution is 5.77. The van der Waals surface area contributed by atoms with Gasteiger partial charge in [-0.25, -0.2) is 0 Å². The van der Waals surface area contributed by atoms with Crippen LogP contribution in [-0.2, 0) is 6.54 Å². The highest BCUT2D eigenvalue weighted by atomic mass is 16.1. The summed E-state index contributed by atoms with van der Waals surface area (Å²) >= 11 is 0. The van der Waals surface area contributed by atoms with Crippen molar-refractivity contribution < 1.29 is 0 Å². The largest absolute Gasteiger partial charge is 0.385 e. The van der Waals surface area contributed by atoms with Gasteiger partial charge in [0, 0.05) is 23.8 Å². The first kappa shape index (κ1) is 13.3. The molecule has 0 saturated carbocycles. The third-order valence-corrected chi connectivity index (χ3v) is 3.27. The van der Waals surface area contributed by atoms with Crippen LogP contribution in [0.1, 0.15) is 12.6 Å². The average Bonchev–Trinajstić information content (AvgIpc) is 2.51. The Labute approximate surface area is 122 Å². The molecule has 0 radical (unpaired) electrons. The zero-order chi connectivity index (χ0) is 14.7. The fraction of sp³-hybridized carbons (Fsp3) is 0.188. The second-order valence-corrected chi connectivity index (χ2v) is 4.75. The normalized spacial score (nSPS) is 10.7. The summed E-state index contributed by atoms with van der Waals surface area (Å²) in [7, 11) is 0. The number of aromatic nitrogens is 3. The van der Waals surface area contributed by atoms with Gasteiger partial charge < -0.3 is 5.32 Å². The Balaban J connectivity index is 2.00. The molecule has 1 N–H and O–H groups in total. The predicted molar refractivity (Wildman–Crippen MR) is 83.5 cm³/mol. The van der Waals surface area contributed by atoms with Crippen LogP contribution in [0.5, 0.6) is 0 Å². The minimum atomic E-state index is -0.0591. The molecule has 0 atom stereocenters. The number of nitrogens with one attached hydrogen (secondary N) is 1. The summed E-state index contributed by atoms with van der Waals surface area (Å²) in [5.74, 6) is 0. The number of pyridine rings is 1. The van der Waals surface area contributed by atoms with E-state index in [1.165, 1.54) is 6.20 Å². The first-order chi connectivity index (χ1) is 10.3. The van der Waals surface area contributed by atoms with Gasteiger partial charge in [0.05, 0.1) is 24.0 Å². The lowest BCUT2D eigenvalue weighted by Gasteiger charge is -2.10. The zero-order valence-electron chi connectivity index (χ0n) is 11.8. The number of benzene rings is 1. The fourth-order valence-electron chi connectivity index (χ4n) is 2.32. The summed E-state index contributed by atoms with van der Waals surface area (Å²) in [6, 6.07) is 11.4. The van der Waals surface area contributed by atoms with E-state index in [9.17, 15) is 4.79 Å². The van der Waals surface area contributed by atoms with Crippen molar-refractivity contribution in [3.63, 3.8) is 0 Å². The number of fused-ring (bicyclic) bond motifs is 1. The predicted octanol–water partition coefficient (Wildman–Crippen LogP) is 2.27. The minimum Gasteiger partial charge on any atom is -0.385 e. The lowest BCUT2D eigenvalue weighted by Crippen LogP contribution is -2.13. The first-order valence-electron chi connectivity index (χ1n) is 6.91. The van der Waals surface area contributed by atoms with Crippen molar-refractivity contribution >= 4 is 16.6 Å². The van der Waals surface area contributed by atoms with Crippen molar-refractivity contribution in [1.82, 2.24) is 14.8 Å². The van der Waals surface area contributed by atoms with Crippen LogP contribution in [0, 0.1) is 0 Å². The van der Waals surface area contributed by atoms with E-state index in [1.54, 1.807) is 10.9 Å². The lowest BCUT2D eigenvalue weighted by atomic mass is 10.2. The Morgan fingerprint density at radius 2 is 2.10 bits per heavy atom.